The van der Waals surface area contributed by atoms with Crippen LogP contribution in [0.1, 0.15) is 49.5 Å². The summed E-state index contributed by atoms with van der Waals surface area (Å²) in [6.45, 7) is -0.714. The molecule has 4 aromatic carbocycles. The molecule has 0 radical (unpaired) electrons. The van der Waals surface area contributed by atoms with Crippen molar-refractivity contribution in [3.05, 3.63) is 149 Å². The molecule has 52 heavy (non-hydrogen) atoms. The molecule has 9 nitrogen and oxygen atoms in total. The first-order chi connectivity index (χ1) is 25.1. The van der Waals surface area contributed by atoms with E-state index in [-0.39, 0.29) is 35.5 Å². The Labute approximate surface area is 296 Å². The maximum Gasteiger partial charge on any atom is 0.435 e. The number of rotatable bonds is 12. The quantitative estimate of drug-likeness (QED) is 0.0969. The van der Waals surface area contributed by atoms with Crippen LogP contribution in [0, 0.1) is 0 Å². The molecule has 0 unspecified atom stereocenters. The van der Waals surface area contributed by atoms with E-state index in [1.807, 2.05) is 0 Å². The molecule has 4 atom stereocenters. The van der Waals surface area contributed by atoms with Gasteiger partial charge in [0, 0.05) is 6.42 Å². The van der Waals surface area contributed by atoms with E-state index >= 15 is 4.39 Å². The number of nitrogens with zero attached hydrogens (tertiary/aromatic N) is 2. The molecule has 0 saturated carbocycles. The fraction of sp³-hybridized carbons (Fsp3) is 0.256. The standard InChI is InChI=1S/C39H34F4N2O7/c1-48-29-19-17-25(18-20-29)21-30-35(39(41,42)43)44-45(23-26-11-5-2-6-12-26)36(30)52-33-22-31(51-38(47)28-15-9-4-10-16-28)34(40)32(50-33)24-49-37(46)27-13-7-3-8-14-27/h2-20,31-34H,21-24H2,1H3/t31-,32-,33+,34+/m1/s1. The predicted octanol–water partition coefficient (Wildman–Crippen LogP) is 7.46. The topological polar surface area (TPSA) is 98.1 Å². The second-order valence-corrected chi connectivity index (χ2v) is 12.0. The normalized spacial score (nSPS) is 18.7. The lowest BCUT2D eigenvalue weighted by Gasteiger charge is -2.37. The van der Waals surface area contributed by atoms with Crippen molar-refractivity contribution in [2.45, 2.75) is 50.2 Å². The first-order valence-electron chi connectivity index (χ1n) is 16.4. The van der Waals surface area contributed by atoms with E-state index in [1.54, 1.807) is 91.0 Å². The van der Waals surface area contributed by atoms with Crippen LogP contribution in [0.3, 0.4) is 0 Å². The van der Waals surface area contributed by atoms with Crippen LogP contribution < -0.4 is 9.47 Å². The summed E-state index contributed by atoms with van der Waals surface area (Å²) in [4.78, 5) is 25.8. The van der Waals surface area contributed by atoms with E-state index in [9.17, 15) is 22.8 Å². The number of carbonyl (C=O) groups is 2. The third-order valence-electron chi connectivity index (χ3n) is 8.34. The number of esters is 2. The maximum absolute atomic E-state index is 16.1. The number of ether oxygens (including phenoxy) is 5. The van der Waals surface area contributed by atoms with Crippen molar-refractivity contribution in [2.75, 3.05) is 13.7 Å². The van der Waals surface area contributed by atoms with E-state index in [2.05, 4.69) is 5.10 Å². The minimum absolute atomic E-state index is 0.106. The predicted molar refractivity (Wildman–Crippen MR) is 180 cm³/mol. The number of methoxy groups -OCH3 is 1. The van der Waals surface area contributed by atoms with Gasteiger partial charge < -0.3 is 23.7 Å². The second kappa shape index (κ2) is 16.1. The number of aromatic nitrogens is 2. The molecule has 0 N–H and O–H groups in total. The van der Waals surface area contributed by atoms with E-state index < -0.39 is 61.5 Å². The van der Waals surface area contributed by atoms with Gasteiger partial charge in [-0.3, -0.25) is 0 Å². The highest BCUT2D eigenvalue weighted by Crippen LogP contribution is 2.39. The number of hydrogen-bond donors (Lipinski definition) is 0. The molecular weight excluding hydrogens is 684 g/mol. The van der Waals surface area contributed by atoms with Crippen molar-refractivity contribution >= 4 is 11.9 Å². The number of halogens is 4. The fourth-order valence-corrected chi connectivity index (χ4v) is 5.74. The van der Waals surface area contributed by atoms with E-state index in [0.717, 1.165) is 4.68 Å². The molecule has 1 aromatic heterocycles. The summed E-state index contributed by atoms with van der Waals surface area (Å²) >= 11 is 0. The monoisotopic (exact) mass is 718 g/mol. The molecule has 6 rings (SSSR count). The van der Waals surface area contributed by atoms with Gasteiger partial charge in [0.05, 0.1) is 36.8 Å². The summed E-state index contributed by atoms with van der Waals surface area (Å²) in [5, 5.41) is 3.96. The van der Waals surface area contributed by atoms with Gasteiger partial charge in [0.15, 0.2) is 11.9 Å². The van der Waals surface area contributed by atoms with Gasteiger partial charge in [-0.25, -0.2) is 18.7 Å². The number of carbonyl (C=O) groups excluding carboxylic acids is 2. The fourth-order valence-electron chi connectivity index (χ4n) is 5.74. The van der Waals surface area contributed by atoms with Crippen LogP contribution in [-0.4, -0.2) is 60.1 Å². The Hall–Kier alpha value is -5.69. The number of hydrogen-bond acceptors (Lipinski definition) is 8. The average molecular weight is 719 g/mol. The van der Waals surface area contributed by atoms with Crippen molar-refractivity contribution in [3.63, 3.8) is 0 Å². The lowest BCUT2D eigenvalue weighted by molar-refractivity contribution is -0.216. The van der Waals surface area contributed by atoms with Crippen LogP contribution in [0.25, 0.3) is 0 Å². The molecule has 1 aliphatic rings. The Morgan fingerprint density at radius 3 is 2.02 bits per heavy atom. The van der Waals surface area contributed by atoms with Gasteiger partial charge >= 0.3 is 18.1 Å². The Morgan fingerprint density at radius 1 is 0.827 bits per heavy atom. The van der Waals surface area contributed by atoms with Crippen molar-refractivity contribution in [1.29, 1.82) is 0 Å². The van der Waals surface area contributed by atoms with Crippen LogP contribution in [-0.2, 0) is 33.4 Å². The molecular formula is C39H34F4N2O7. The van der Waals surface area contributed by atoms with Crippen molar-refractivity contribution in [2.24, 2.45) is 0 Å². The van der Waals surface area contributed by atoms with Gasteiger partial charge in [0.25, 0.3) is 0 Å². The van der Waals surface area contributed by atoms with Crippen LogP contribution in [0.5, 0.6) is 11.6 Å². The van der Waals surface area contributed by atoms with Gasteiger partial charge in [0.2, 0.25) is 12.2 Å². The summed E-state index contributed by atoms with van der Waals surface area (Å²) in [5.41, 5.74) is 0.0419. The van der Waals surface area contributed by atoms with E-state index in [1.165, 1.54) is 31.4 Å². The summed E-state index contributed by atoms with van der Waals surface area (Å²) < 4.78 is 89.4. The molecule has 1 saturated heterocycles. The van der Waals surface area contributed by atoms with Crippen molar-refractivity contribution in [1.82, 2.24) is 9.78 Å². The molecule has 270 valence electrons. The third kappa shape index (κ3) is 8.78. The van der Waals surface area contributed by atoms with Gasteiger partial charge in [-0.2, -0.15) is 18.3 Å². The highest BCUT2D eigenvalue weighted by atomic mass is 19.4. The van der Waals surface area contributed by atoms with Gasteiger partial charge in [-0.05, 0) is 47.5 Å². The van der Waals surface area contributed by atoms with Crippen LogP contribution >= 0.6 is 0 Å². The summed E-state index contributed by atoms with van der Waals surface area (Å²) in [7, 11) is 1.47. The lowest BCUT2D eigenvalue weighted by atomic mass is 10.0. The molecule has 2 heterocycles. The largest absolute Gasteiger partial charge is 0.497 e. The van der Waals surface area contributed by atoms with Crippen LogP contribution in [0.2, 0.25) is 0 Å². The first kappa shape index (κ1) is 36.1. The molecule has 1 aliphatic heterocycles. The minimum Gasteiger partial charge on any atom is -0.497 e. The molecule has 0 spiro atoms. The van der Waals surface area contributed by atoms with E-state index in [4.69, 9.17) is 23.7 Å². The highest BCUT2D eigenvalue weighted by Gasteiger charge is 2.45. The van der Waals surface area contributed by atoms with Crippen LogP contribution in [0.15, 0.2) is 115 Å². The van der Waals surface area contributed by atoms with E-state index in [0.29, 0.717) is 16.9 Å². The number of benzene rings is 4. The van der Waals surface area contributed by atoms with Gasteiger partial charge in [-0.1, -0.05) is 78.9 Å². The van der Waals surface area contributed by atoms with Crippen molar-refractivity contribution in [3.8, 4) is 11.6 Å². The number of alkyl halides is 4. The van der Waals surface area contributed by atoms with Crippen LogP contribution in [0.4, 0.5) is 17.6 Å². The molecule has 0 amide bonds. The Bertz CT molecular complexity index is 1940. The third-order valence-corrected chi connectivity index (χ3v) is 8.34. The SMILES string of the molecule is COc1ccc(Cc2c(C(F)(F)F)nn(Cc3ccccc3)c2O[C@H]2C[C@@H](OC(=O)c3ccccc3)[C@H](F)[C@@H](COC(=O)c3ccccc3)O2)cc1. The lowest BCUT2D eigenvalue weighted by Crippen LogP contribution is -2.51. The Balaban J connectivity index is 1.35. The Kier molecular flexibility index (Phi) is 11.2. The summed E-state index contributed by atoms with van der Waals surface area (Å²) in [6, 6.07) is 31.1. The maximum atomic E-state index is 16.1. The van der Waals surface area contributed by atoms with Gasteiger partial charge in [-0.15, -0.1) is 0 Å². The zero-order valence-electron chi connectivity index (χ0n) is 27.9. The second-order valence-electron chi connectivity index (χ2n) is 12.0. The molecule has 5 aromatic rings. The molecule has 0 bridgehead atoms. The zero-order valence-corrected chi connectivity index (χ0v) is 27.9. The molecule has 13 heteroatoms. The first-order valence-corrected chi connectivity index (χ1v) is 16.4. The van der Waals surface area contributed by atoms with Gasteiger partial charge in [0.1, 0.15) is 24.6 Å². The Morgan fingerprint density at radius 2 is 1.42 bits per heavy atom. The highest BCUT2D eigenvalue weighted by molar-refractivity contribution is 5.89. The smallest absolute Gasteiger partial charge is 0.435 e. The minimum atomic E-state index is -4.87. The molecule has 0 aliphatic carbocycles. The summed E-state index contributed by atoms with van der Waals surface area (Å²) in [5.74, 6) is -1.34. The average Bonchev–Trinajstić information content (AvgIpc) is 3.49. The van der Waals surface area contributed by atoms with Crippen molar-refractivity contribution < 1.29 is 50.8 Å². The summed E-state index contributed by atoms with van der Waals surface area (Å²) in [6.07, 6.45) is -12.0. The molecule has 1 fully saturated rings. The zero-order chi connectivity index (χ0) is 36.7.